The number of aromatic hydroxyl groups is 1. The van der Waals surface area contributed by atoms with E-state index in [1.165, 1.54) is 23.8 Å². The zero-order valence-corrected chi connectivity index (χ0v) is 34.7. The molecular weight excluding hydrogens is 799 g/mol. The van der Waals surface area contributed by atoms with Gasteiger partial charge in [0.25, 0.3) is 17.7 Å². The van der Waals surface area contributed by atoms with Gasteiger partial charge in [-0.25, -0.2) is 13.1 Å². The molecular formula is C46H47N5O9S. The van der Waals surface area contributed by atoms with E-state index >= 15 is 9.59 Å². The average molecular weight is 846 g/mol. The van der Waals surface area contributed by atoms with Gasteiger partial charge in [0.05, 0.1) is 37.1 Å². The molecule has 0 bridgehead atoms. The van der Waals surface area contributed by atoms with Crippen molar-refractivity contribution >= 4 is 33.4 Å². The van der Waals surface area contributed by atoms with Crippen LogP contribution in [0.15, 0.2) is 91.0 Å². The third-order valence-electron chi connectivity index (χ3n) is 11.9. The second-order valence-electron chi connectivity index (χ2n) is 16.0. The van der Waals surface area contributed by atoms with Crippen molar-refractivity contribution in [2.45, 2.75) is 51.4 Å². The van der Waals surface area contributed by atoms with Crippen LogP contribution in [-0.2, 0) is 47.2 Å². The largest absolute Gasteiger partial charge is 0.508 e. The molecule has 2 N–H and O–H groups in total. The molecule has 0 spiro atoms. The van der Waals surface area contributed by atoms with Crippen molar-refractivity contribution in [3.05, 3.63) is 130 Å². The minimum atomic E-state index is -3.81. The molecule has 5 aromatic rings. The zero-order valence-electron chi connectivity index (χ0n) is 33.8. The Bertz CT molecular complexity index is 2620. The number of amides is 3. The Labute approximate surface area is 354 Å². The van der Waals surface area contributed by atoms with Crippen LogP contribution in [-0.4, -0.2) is 97.6 Å². The van der Waals surface area contributed by atoms with Gasteiger partial charge in [-0.05, 0) is 97.0 Å². The van der Waals surface area contributed by atoms with Crippen LogP contribution < -0.4 is 19.1 Å². The molecule has 1 fully saturated rings. The van der Waals surface area contributed by atoms with Crippen LogP contribution in [0.2, 0.25) is 0 Å². The molecule has 61 heavy (non-hydrogen) atoms. The van der Waals surface area contributed by atoms with Gasteiger partial charge in [-0.3, -0.25) is 19.3 Å². The molecule has 1 aromatic heterocycles. The maximum Gasteiger partial charge on any atom is 0.264 e. The molecule has 14 nitrogen and oxygen atoms in total. The van der Waals surface area contributed by atoms with Crippen molar-refractivity contribution in [3.63, 3.8) is 0 Å². The molecule has 316 valence electrons. The molecule has 1 saturated heterocycles. The number of ether oxygens (including phenoxy) is 3. The van der Waals surface area contributed by atoms with Crippen molar-refractivity contribution < 1.29 is 42.1 Å². The van der Waals surface area contributed by atoms with Crippen LogP contribution in [0.25, 0.3) is 11.3 Å². The predicted octanol–water partition coefficient (Wildman–Crippen LogP) is 5.36. The van der Waals surface area contributed by atoms with E-state index in [9.17, 15) is 18.3 Å². The normalized spacial score (nSPS) is 17.3. The molecule has 9 rings (SSSR count). The molecule has 1 atom stereocenters. The number of morpholine rings is 1. The second-order valence-corrected chi connectivity index (χ2v) is 17.8. The summed E-state index contributed by atoms with van der Waals surface area (Å²) in [5.74, 6) is -0.199. The summed E-state index contributed by atoms with van der Waals surface area (Å²) in [6, 6.07) is 26.5. The number of anilines is 1. The number of carbonyl (C=O) groups excluding carboxylic acids is 3. The topological polar surface area (TPSA) is 160 Å². The lowest BCUT2D eigenvalue weighted by atomic mass is 9.92. The fourth-order valence-electron chi connectivity index (χ4n) is 8.92. The molecule has 4 aliphatic heterocycles. The second kappa shape index (κ2) is 16.7. The summed E-state index contributed by atoms with van der Waals surface area (Å²) in [7, 11) is -3.81. The summed E-state index contributed by atoms with van der Waals surface area (Å²) in [6.07, 6.45) is 4.00. The van der Waals surface area contributed by atoms with E-state index in [1.807, 2.05) is 33.9 Å². The van der Waals surface area contributed by atoms with Gasteiger partial charge in [0.1, 0.15) is 5.75 Å². The Balaban J connectivity index is 1.11. The van der Waals surface area contributed by atoms with Gasteiger partial charge in [0, 0.05) is 67.0 Å². The first kappa shape index (κ1) is 40.3. The molecule has 0 radical (unpaired) electrons. The van der Waals surface area contributed by atoms with E-state index in [1.54, 1.807) is 41.3 Å². The number of hydrogen-bond donors (Lipinski definition) is 2. The number of nitrogens with zero attached hydrogens (tertiary/aromatic N) is 4. The van der Waals surface area contributed by atoms with Gasteiger partial charge in [0.15, 0.2) is 11.5 Å². The van der Waals surface area contributed by atoms with E-state index in [0.29, 0.717) is 84.4 Å². The Kier molecular flexibility index (Phi) is 11.0. The lowest BCUT2D eigenvalue weighted by Gasteiger charge is -2.40. The highest BCUT2D eigenvalue weighted by molar-refractivity contribution is 7.89. The molecule has 4 aromatic carbocycles. The summed E-state index contributed by atoms with van der Waals surface area (Å²) in [5, 5.41) is 10.2. The molecule has 1 unspecified atom stereocenters. The smallest absolute Gasteiger partial charge is 0.264 e. The quantitative estimate of drug-likeness (QED) is 0.187. The first-order valence-electron chi connectivity index (χ1n) is 20.6. The molecule has 4 aliphatic rings. The SMILES string of the molecule is CS(=O)(=O)NC(=O)c1cccc(CN(C(=O)c2cc(-c3cc4c(cc3C(=O)N3Cc5ccccc5CC3CN3CCOCC3)OCO4)n3c2CCCC3)c2ccc(O)cc2)c1. The summed E-state index contributed by atoms with van der Waals surface area (Å²) >= 11 is 0. The predicted molar refractivity (Wildman–Crippen MR) is 227 cm³/mol. The average Bonchev–Trinajstić information content (AvgIpc) is 3.89. The number of fused-ring (bicyclic) bond motifs is 3. The monoisotopic (exact) mass is 845 g/mol. The van der Waals surface area contributed by atoms with Crippen LogP contribution in [0.3, 0.4) is 0 Å². The van der Waals surface area contributed by atoms with Crippen LogP contribution in [0.5, 0.6) is 17.2 Å². The van der Waals surface area contributed by atoms with Crippen LogP contribution in [0.1, 0.15) is 66.3 Å². The molecule has 0 aliphatic carbocycles. The summed E-state index contributed by atoms with van der Waals surface area (Å²) in [4.78, 5) is 49.1. The number of phenolic OH excluding ortho intramolecular Hbond substituents is 1. The zero-order chi connectivity index (χ0) is 42.3. The van der Waals surface area contributed by atoms with Crippen molar-refractivity contribution in [2.24, 2.45) is 0 Å². The first-order chi connectivity index (χ1) is 29.5. The van der Waals surface area contributed by atoms with E-state index in [4.69, 9.17) is 14.2 Å². The maximum absolute atomic E-state index is 15.3. The van der Waals surface area contributed by atoms with E-state index in [-0.39, 0.29) is 42.5 Å². The highest BCUT2D eigenvalue weighted by atomic mass is 32.2. The van der Waals surface area contributed by atoms with Gasteiger partial charge in [-0.1, -0.05) is 36.4 Å². The fraction of sp³-hybridized carbons (Fsp3) is 0.326. The lowest BCUT2D eigenvalue weighted by Crippen LogP contribution is -2.52. The van der Waals surface area contributed by atoms with Gasteiger partial charge < -0.3 is 33.7 Å². The molecule has 15 heteroatoms. The summed E-state index contributed by atoms with van der Waals surface area (Å²) in [6.45, 7) is 4.75. The summed E-state index contributed by atoms with van der Waals surface area (Å²) < 4.78 is 45.2. The van der Waals surface area contributed by atoms with Gasteiger partial charge in [0.2, 0.25) is 16.8 Å². The summed E-state index contributed by atoms with van der Waals surface area (Å²) in [5.41, 5.74) is 6.66. The highest BCUT2D eigenvalue weighted by Gasteiger charge is 2.36. The molecule has 0 saturated carbocycles. The minimum absolute atomic E-state index is 0.0257. The number of phenols is 1. The Morgan fingerprint density at radius 3 is 2.38 bits per heavy atom. The van der Waals surface area contributed by atoms with Crippen molar-refractivity contribution in [2.75, 3.05) is 50.8 Å². The van der Waals surface area contributed by atoms with Gasteiger partial charge in [-0.15, -0.1) is 0 Å². The Morgan fingerprint density at radius 2 is 1.61 bits per heavy atom. The Morgan fingerprint density at radius 1 is 0.852 bits per heavy atom. The van der Waals surface area contributed by atoms with Gasteiger partial charge in [-0.2, -0.15) is 0 Å². The van der Waals surface area contributed by atoms with Crippen molar-refractivity contribution in [1.82, 2.24) is 19.1 Å². The third kappa shape index (κ3) is 8.45. The van der Waals surface area contributed by atoms with E-state index in [0.717, 1.165) is 49.9 Å². The number of nitrogens with one attached hydrogen (secondary N) is 1. The first-order valence-corrected chi connectivity index (χ1v) is 22.4. The van der Waals surface area contributed by atoms with Crippen molar-refractivity contribution in [3.8, 4) is 28.5 Å². The van der Waals surface area contributed by atoms with Crippen molar-refractivity contribution in [1.29, 1.82) is 0 Å². The number of carbonyl (C=O) groups is 3. The van der Waals surface area contributed by atoms with Crippen LogP contribution in [0.4, 0.5) is 5.69 Å². The van der Waals surface area contributed by atoms with Crippen LogP contribution >= 0.6 is 0 Å². The van der Waals surface area contributed by atoms with Crippen LogP contribution in [0, 0.1) is 0 Å². The third-order valence-corrected chi connectivity index (χ3v) is 12.5. The number of hydrogen-bond acceptors (Lipinski definition) is 10. The molecule has 5 heterocycles. The van der Waals surface area contributed by atoms with Gasteiger partial charge >= 0.3 is 0 Å². The fourth-order valence-corrected chi connectivity index (χ4v) is 9.37. The molecule has 3 amide bonds. The standard InChI is InChI=1S/C46H47N5O9S/c1-61(56,57)47-44(53)32-10-6-7-30(21-32)26-50(34-12-14-36(52)15-13-34)46(55)39-23-41(49-16-5-4-11-40(39)49)37-24-42-43(60-29-59-42)25-38(37)45(54)51-27-33-9-3-2-8-31(33)22-35(51)28-48-17-19-58-20-18-48/h2-3,6-10,12-15,21,23-25,35,52H,4-5,11,16-20,22,26-29H2,1H3,(H,47,53). The van der Waals surface area contributed by atoms with E-state index in [2.05, 4.69) is 21.6 Å². The maximum atomic E-state index is 15.3. The number of rotatable bonds is 10. The number of aromatic nitrogens is 1. The number of benzene rings is 4. The van der Waals surface area contributed by atoms with E-state index < -0.39 is 15.9 Å². The lowest BCUT2D eigenvalue weighted by molar-refractivity contribution is 0.0193. The number of sulfonamides is 1. The highest BCUT2D eigenvalue weighted by Crippen LogP contribution is 2.42. The minimum Gasteiger partial charge on any atom is -0.508 e. The Hall–Kier alpha value is -6.16.